The molecule has 1 heterocycles. The highest BCUT2D eigenvalue weighted by Gasteiger charge is 2.43. The first-order valence-corrected chi connectivity index (χ1v) is 8.94. The third-order valence-corrected chi connectivity index (χ3v) is 6.54. The molecule has 0 unspecified atom stereocenters. The molecule has 3 rings (SSSR count). The van der Waals surface area contributed by atoms with Crippen molar-refractivity contribution in [2.24, 2.45) is 11.3 Å². The lowest BCUT2D eigenvalue weighted by atomic mass is 9.69. The standard InChI is InChI=1S/C17H31NO4/c19-11-13-15(21)16(22)14(20)10-18(13)9-12-3-7-17(8-4-12)5-1-2-6-17/h12-16,19-22H,1-11H2/t13-,14+,15-,16-/m1/s1. The summed E-state index contributed by atoms with van der Waals surface area (Å²) in [4.78, 5) is 1.99. The van der Waals surface area contributed by atoms with E-state index in [1.165, 1.54) is 51.4 Å². The SMILES string of the molecule is OC[C@@H]1[C@@H](O)[C@H](O)[C@@H](O)CN1CC1CCC2(CCCC2)CC1. The van der Waals surface area contributed by atoms with Crippen LogP contribution < -0.4 is 0 Å². The maximum absolute atomic E-state index is 10.1. The van der Waals surface area contributed by atoms with E-state index < -0.39 is 24.4 Å². The Labute approximate surface area is 132 Å². The van der Waals surface area contributed by atoms with Crippen LogP contribution in [0.25, 0.3) is 0 Å². The van der Waals surface area contributed by atoms with Gasteiger partial charge in [-0.05, 0) is 49.9 Å². The number of likely N-dealkylation sites (tertiary alicyclic amines) is 1. The van der Waals surface area contributed by atoms with Gasteiger partial charge in [0.05, 0.1) is 18.8 Å². The minimum absolute atomic E-state index is 0.179. The summed E-state index contributed by atoms with van der Waals surface area (Å²) in [6.45, 7) is 0.967. The third kappa shape index (κ3) is 3.20. The zero-order chi connectivity index (χ0) is 15.7. The second-order valence-corrected chi connectivity index (χ2v) is 7.90. The second-order valence-electron chi connectivity index (χ2n) is 7.90. The van der Waals surface area contributed by atoms with Crippen LogP contribution >= 0.6 is 0 Å². The van der Waals surface area contributed by atoms with Crippen LogP contribution in [0.3, 0.4) is 0 Å². The highest BCUT2D eigenvalue weighted by atomic mass is 16.4. The Morgan fingerprint density at radius 1 is 0.909 bits per heavy atom. The predicted octanol–water partition coefficient (Wildman–Crippen LogP) is 0.496. The first kappa shape index (κ1) is 16.7. The molecule has 2 aliphatic carbocycles. The van der Waals surface area contributed by atoms with Gasteiger partial charge in [0.1, 0.15) is 12.2 Å². The number of nitrogens with zero attached hydrogens (tertiary/aromatic N) is 1. The van der Waals surface area contributed by atoms with Crippen molar-refractivity contribution in [1.29, 1.82) is 0 Å². The molecule has 128 valence electrons. The molecule has 3 fully saturated rings. The van der Waals surface area contributed by atoms with Crippen LogP contribution in [0.5, 0.6) is 0 Å². The normalized spacial score (nSPS) is 40.4. The molecule has 0 aromatic heterocycles. The molecule has 1 spiro atoms. The van der Waals surface area contributed by atoms with Crippen molar-refractivity contribution in [2.75, 3.05) is 19.7 Å². The van der Waals surface area contributed by atoms with E-state index in [1.807, 2.05) is 4.90 Å². The van der Waals surface area contributed by atoms with Crippen molar-refractivity contribution < 1.29 is 20.4 Å². The van der Waals surface area contributed by atoms with Crippen LogP contribution in [0, 0.1) is 11.3 Å². The van der Waals surface area contributed by atoms with E-state index in [2.05, 4.69) is 0 Å². The summed E-state index contributed by atoms with van der Waals surface area (Å²) in [5.41, 5.74) is 0.615. The predicted molar refractivity (Wildman–Crippen MR) is 83.3 cm³/mol. The molecule has 0 bridgehead atoms. The van der Waals surface area contributed by atoms with Crippen molar-refractivity contribution in [3.05, 3.63) is 0 Å². The zero-order valence-electron chi connectivity index (χ0n) is 13.4. The molecule has 1 aliphatic heterocycles. The smallest absolute Gasteiger partial charge is 0.109 e. The van der Waals surface area contributed by atoms with Gasteiger partial charge in [0, 0.05) is 13.1 Å². The van der Waals surface area contributed by atoms with E-state index in [9.17, 15) is 20.4 Å². The molecule has 4 atom stereocenters. The number of piperidine rings is 1. The van der Waals surface area contributed by atoms with Crippen molar-refractivity contribution >= 4 is 0 Å². The van der Waals surface area contributed by atoms with E-state index in [0.717, 1.165) is 6.54 Å². The Kier molecular flexibility index (Phi) is 5.10. The summed E-state index contributed by atoms with van der Waals surface area (Å²) in [5, 5.41) is 39.3. The Hall–Kier alpha value is -0.200. The average molecular weight is 313 g/mol. The van der Waals surface area contributed by atoms with Gasteiger partial charge in [0.2, 0.25) is 0 Å². The molecular formula is C17H31NO4. The Bertz CT molecular complexity index is 362. The fraction of sp³-hybridized carbons (Fsp3) is 1.00. The number of aliphatic hydroxyl groups is 4. The van der Waals surface area contributed by atoms with E-state index in [4.69, 9.17) is 0 Å². The van der Waals surface area contributed by atoms with Gasteiger partial charge in [0.15, 0.2) is 0 Å². The fourth-order valence-corrected chi connectivity index (χ4v) is 5.02. The lowest BCUT2D eigenvalue weighted by Gasteiger charge is -2.46. The van der Waals surface area contributed by atoms with E-state index in [1.54, 1.807) is 0 Å². The molecule has 22 heavy (non-hydrogen) atoms. The third-order valence-electron chi connectivity index (χ3n) is 6.54. The van der Waals surface area contributed by atoms with Gasteiger partial charge in [-0.15, -0.1) is 0 Å². The lowest BCUT2D eigenvalue weighted by molar-refractivity contribution is -0.148. The summed E-state index contributed by atoms with van der Waals surface area (Å²) < 4.78 is 0. The Morgan fingerprint density at radius 2 is 1.55 bits per heavy atom. The zero-order valence-corrected chi connectivity index (χ0v) is 13.4. The fourth-order valence-electron chi connectivity index (χ4n) is 5.02. The van der Waals surface area contributed by atoms with Crippen LogP contribution in [0.2, 0.25) is 0 Å². The monoisotopic (exact) mass is 313 g/mol. The molecule has 4 N–H and O–H groups in total. The van der Waals surface area contributed by atoms with Crippen molar-refractivity contribution in [1.82, 2.24) is 4.90 Å². The molecule has 1 saturated heterocycles. The quantitative estimate of drug-likeness (QED) is 0.610. The number of aliphatic hydroxyl groups excluding tert-OH is 4. The maximum atomic E-state index is 10.1. The highest BCUT2D eigenvalue weighted by Crippen LogP contribution is 2.50. The second kappa shape index (κ2) is 6.73. The minimum atomic E-state index is -1.15. The maximum Gasteiger partial charge on any atom is 0.109 e. The molecule has 0 aromatic rings. The van der Waals surface area contributed by atoms with Gasteiger partial charge in [-0.3, -0.25) is 4.90 Å². The summed E-state index contributed by atoms with van der Waals surface area (Å²) in [5.74, 6) is 0.579. The van der Waals surface area contributed by atoms with E-state index in [-0.39, 0.29) is 6.61 Å². The minimum Gasteiger partial charge on any atom is -0.395 e. The Morgan fingerprint density at radius 3 is 2.14 bits per heavy atom. The van der Waals surface area contributed by atoms with Crippen molar-refractivity contribution in [3.8, 4) is 0 Å². The number of rotatable bonds is 3. The molecule has 2 saturated carbocycles. The molecule has 5 heteroatoms. The van der Waals surface area contributed by atoms with Gasteiger partial charge in [-0.25, -0.2) is 0 Å². The van der Waals surface area contributed by atoms with Crippen LogP contribution in [0.4, 0.5) is 0 Å². The van der Waals surface area contributed by atoms with Gasteiger partial charge in [-0.1, -0.05) is 12.8 Å². The van der Waals surface area contributed by atoms with Crippen LogP contribution in [0.1, 0.15) is 51.4 Å². The molecule has 3 aliphatic rings. The van der Waals surface area contributed by atoms with Gasteiger partial charge >= 0.3 is 0 Å². The van der Waals surface area contributed by atoms with Crippen LogP contribution in [-0.2, 0) is 0 Å². The summed E-state index contributed by atoms with van der Waals surface area (Å²) in [6.07, 6.45) is 7.46. The first-order chi connectivity index (χ1) is 10.5. The lowest BCUT2D eigenvalue weighted by Crippen LogP contribution is -2.63. The number of β-amino-alcohol motifs (C(OH)–C–C–N with tert-alkyl or cyclic N) is 1. The summed E-state index contributed by atoms with van der Waals surface area (Å²) in [7, 11) is 0. The summed E-state index contributed by atoms with van der Waals surface area (Å²) in [6, 6.07) is -0.458. The number of hydrogen-bond donors (Lipinski definition) is 4. The molecular weight excluding hydrogens is 282 g/mol. The molecule has 0 radical (unpaired) electrons. The van der Waals surface area contributed by atoms with Gasteiger partial charge < -0.3 is 20.4 Å². The van der Waals surface area contributed by atoms with Crippen molar-refractivity contribution in [2.45, 2.75) is 75.7 Å². The topological polar surface area (TPSA) is 84.2 Å². The highest BCUT2D eigenvalue weighted by molar-refractivity contribution is 4.96. The molecule has 0 amide bonds. The van der Waals surface area contributed by atoms with Gasteiger partial charge in [-0.2, -0.15) is 0 Å². The largest absolute Gasteiger partial charge is 0.395 e. The average Bonchev–Trinajstić information content (AvgIpc) is 2.96. The molecule has 5 nitrogen and oxygen atoms in total. The molecule has 0 aromatic carbocycles. The first-order valence-electron chi connectivity index (χ1n) is 8.94. The van der Waals surface area contributed by atoms with E-state index >= 15 is 0 Å². The van der Waals surface area contributed by atoms with Crippen LogP contribution in [0.15, 0.2) is 0 Å². The van der Waals surface area contributed by atoms with E-state index in [0.29, 0.717) is 17.9 Å². The van der Waals surface area contributed by atoms with Crippen molar-refractivity contribution in [3.63, 3.8) is 0 Å². The number of hydrogen-bond acceptors (Lipinski definition) is 5. The Balaban J connectivity index is 1.56. The van der Waals surface area contributed by atoms with Gasteiger partial charge in [0.25, 0.3) is 0 Å². The van der Waals surface area contributed by atoms with Crippen LogP contribution in [-0.4, -0.2) is 69.4 Å². The summed E-state index contributed by atoms with van der Waals surface area (Å²) >= 11 is 0.